The molecular weight excluding hydrogens is 414 g/mol. The van der Waals surface area contributed by atoms with E-state index in [0.29, 0.717) is 18.1 Å². The van der Waals surface area contributed by atoms with Gasteiger partial charge in [-0.25, -0.2) is 15.3 Å². The van der Waals surface area contributed by atoms with Crippen molar-refractivity contribution in [1.82, 2.24) is 15.4 Å². The quantitative estimate of drug-likeness (QED) is 0.407. The van der Waals surface area contributed by atoms with Crippen molar-refractivity contribution in [3.8, 4) is 11.3 Å². The molecule has 0 bridgehead atoms. The van der Waals surface area contributed by atoms with Gasteiger partial charge >= 0.3 is 0 Å². The molecule has 1 aliphatic heterocycles. The molecule has 31 heavy (non-hydrogen) atoms. The van der Waals surface area contributed by atoms with Crippen molar-refractivity contribution >= 4 is 23.6 Å². The SMILES string of the molecule is O=C(/C=C/c1ccc(Cc2ncc(-c3ccc(Cl)cc3)[nH]2)cc1)NOC1CCCCO1. The van der Waals surface area contributed by atoms with Gasteiger partial charge in [0.1, 0.15) is 5.82 Å². The summed E-state index contributed by atoms with van der Waals surface area (Å²) in [5, 5.41) is 0.709. The molecule has 4 rings (SSSR count). The second-order valence-corrected chi connectivity index (χ2v) is 7.82. The predicted octanol–water partition coefficient (Wildman–Crippen LogP) is 4.91. The van der Waals surface area contributed by atoms with Gasteiger partial charge in [0.15, 0.2) is 6.29 Å². The van der Waals surface area contributed by atoms with Gasteiger partial charge in [-0.15, -0.1) is 0 Å². The Morgan fingerprint density at radius 2 is 2.00 bits per heavy atom. The molecule has 1 fully saturated rings. The van der Waals surface area contributed by atoms with Gasteiger partial charge < -0.3 is 9.72 Å². The maximum Gasteiger partial charge on any atom is 0.267 e. The van der Waals surface area contributed by atoms with Crippen LogP contribution in [0.4, 0.5) is 0 Å². The van der Waals surface area contributed by atoms with E-state index >= 15 is 0 Å². The van der Waals surface area contributed by atoms with Gasteiger partial charge in [-0.3, -0.25) is 4.79 Å². The number of H-pyrrole nitrogens is 1. The fourth-order valence-corrected chi connectivity index (χ4v) is 3.43. The molecule has 0 aliphatic carbocycles. The van der Waals surface area contributed by atoms with E-state index in [4.69, 9.17) is 21.2 Å². The van der Waals surface area contributed by atoms with Crippen molar-refractivity contribution in [2.24, 2.45) is 0 Å². The van der Waals surface area contributed by atoms with Gasteiger partial charge in [0.2, 0.25) is 0 Å². The van der Waals surface area contributed by atoms with E-state index in [-0.39, 0.29) is 12.2 Å². The molecule has 1 amide bonds. The van der Waals surface area contributed by atoms with Crippen molar-refractivity contribution < 1.29 is 14.4 Å². The van der Waals surface area contributed by atoms with Crippen LogP contribution in [0.2, 0.25) is 5.02 Å². The van der Waals surface area contributed by atoms with Crippen LogP contribution in [0.5, 0.6) is 0 Å². The van der Waals surface area contributed by atoms with E-state index in [9.17, 15) is 4.79 Å². The summed E-state index contributed by atoms with van der Waals surface area (Å²) >= 11 is 5.95. The summed E-state index contributed by atoms with van der Waals surface area (Å²) in [6, 6.07) is 15.6. The Morgan fingerprint density at radius 3 is 2.74 bits per heavy atom. The fourth-order valence-electron chi connectivity index (χ4n) is 3.30. The summed E-state index contributed by atoms with van der Waals surface area (Å²) < 4.78 is 5.41. The Bertz CT molecular complexity index is 1020. The number of hydrogen-bond donors (Lipinski definition) is 2. The average Bonchev–Trinajstić information content (AvgIpc) is 3.27. The summed E-state index contributed by atoms with van der Waals surface area (Å²) in [6.45, 7) is 0.670. The Labute approximate surface area is 186 Å². The van der Waals surface area contributed by atoms with E-state index in [1.54, 1.807) is 6.08 Å². The van der Waals surface area contributed by atoms with Crippen molar-refractivity contribution in [3.05, 3.63) is 82.8 Å². The molecule has 2 aromatic carbocycles. The number of rotatable bonds is 7. The Morgan fingerprint density at radius 1 is 1.19 bits per heavy atom. The number of aromatic nitrogens is 2. The molecule has 1 atom stereocenters. The second-order valence-electron chi connectivity index (χ2n) is 7.38. The molecule has 7 heteroatoms. The van der Waals surface area contributed by atoms with Crippen molar-refractivity contribution in [2.75, 3.05) is 6.61 Å². The van der Waals surface area contributed by atoms with E-state index < -0.39 is 0 Å². The molecule has 1 unspecified atom stereocenters. The van der Waals surface area contributed by atoms with E-state index in [1.165, 1.54) is 6.08 Å². The summed E-state index contributed by atoms with van der Waals surface area (Å²) in [4.78, 5) is 25.0. The van der Waals surface area contributed by atoms with Crippen molar-refractivity contribution in [3.63, 3.8) is 0 Å². The number of hydrogen-bond acceptors (Lipinski definition) is 4. The van der Waals surface area contributed by atoms with E-state index in [1.807, 2.05) is 54.7 Å². The molecule has 2 heterocycles. The zero-order valence-electron chi connectivity index (χ0n) is 17.0. The smallest absolute Gasteiger partial charge is 0.267 e. The fraction of sp³-hybridized carbons (Fsp3) is 0.250. The third-order valence-corrected chi connectivity index (χ3v) is 5.24. The number of hydroxylamine groups is 1. The maximum atomic E-state index is 11.9. The monoisotopic (exact) mass is 437 g/mol. The Balaban J connectivity index is 1.28. The van der Waals surface area contributed by atoms with Gasteiger partial charge in [0.05, 0.1) is 11.9 Å². The predicted molar refractivity (Wildman–Crippen MR) is 120 cm³/mol. The van der Waals surface area contributed by atoms with Gasteiger partial charge in [-0.2, -0.15) is 0 Å². The van der Waals surface area contributed by atoms with Crippen LogP contribution in [0.15, 0.2) is 60.8 Å². The number of carbonyl (C=O) groups is 1. The highest BCUT2D eigenvalue weighted by Crippen LogP contribution is 2.20. The molecular formula is C24H24ClN3O3. The second kappa shape index (κ2) is 10.4. The lowest BCUT2D eigenvalue weighted by atomic mass is 10.1. The van der Waals surface area contributed by atoms with Gasteiger partial charge in [-0.05, 0) is 47.7 Å². The minimum Gasteiger partial charge on any atom is -0.350 e. The summed E-state index contributed by atoms with van der Waals surface area (Å²) in [6.07, 6.45) is 8.23. The topological polar surface area (TPSA) is 76.2 Å². The minimum atomic E-state index is -0.354. The number of aromatic amines is 1. The first-order valence-electron chi connectivity index (χ1n) is 10.3. The van der Waals surface area contributed by atoms with Gasteiger partial charge in [-0.1, -0.05) is 48.0 Å². The van der Waals surface area contributed by atoms with Crippen LogP contribution in [0.25, 0.3) is 17.3 Å². The van der Waals surface area contributed by atoms with Crippen LogP contribution in [0.3, 0.4) is 0 Å². The van der Waals surface area contributed by atoms with Crippen LogP contribution in [-0.4, -0.2) is 28.8 Å². The van der Waals surface area contributed by atoms with Gasteiger partial charge in [0, 0.05) is 30.5 Å². The first kappa shape index (κ1) is 21.3. The van der Waals surface area contributed by atoms with Crippen LogP contribution < -0.4 is 5.48 Å². The molecule has 3 aromatic rings. The molecule has 0 spiro atoms. The zero-order valence-corrected chi connectivity index (χ0v) is 17.8. The molecule has 1 aromatic heterocycles. The molecule has 0 saturated carbocycles. The summed E-state index contributed by atoms with van der Waals surface area (Å²) in [5.41, 5.74) is 6.46. The van der Waals surface area contributed by atoms with Crippen molar-refractivity contribution in [1.29, 1.82) is 0 Å². The highest BCUT2D eigenvalue weighted by Gasteiger charge is 2.14. The molecule has 6 nitrogen and oxygen atoms in total. The zero-order chi connectivity index (χ0) is 21.5. The molecule has 160 valence electrons. The van der Waals surface area contributed by atoms with E-state index in [2.05, 4.69) is 15.4 Å². The van der Waals surface area contributed by atoms with Gasteiger partial charge in [0.25, 0.3) is 5.91 Å². The first-order valence-corrected chi connectivity index (χ1v) is 10.7. The largest absolute Gasteiger partial charge is 0.350 e. The number of halogens is 1. The lowest BCUT2D eigenvalue weighted by Gasteiger charge is -2.21. The van der Waals surface area contributed by atoms with Crippen molar-refractivity contribution in [2.45, 2.75) is 32.0 Å². The molecule has 0 radical (unpaired) electrons. The third kappa shape index (κ3) is 6.28. The first-order chi connectivity index (χ1) is 15.2. The lowest BCUT2D eigenvalue weighted by Crippen LogP contribution is -2.32. The normalized spacial score (nSPS) is 16.5. The highest BCUT2D eigenvalue weighted by molar-refractivity contribution is 6.30. The van der Waals surface area contributed by atoms with Crippen LogP contribution in [-0.2, 0) is 20.8 Å². The van der Waals surface area contributed by atoms with E-state index in [0.717, 1.165) is 47.5 Å². The third-order valence-electron chi connectivity index (χ3n) is 4.99. The van der Waals surface area contributed by atoms with Crippen LogP contribution in [0, 0.1) is 0 Å². The lowest BCUT2D eigenvalue weighted by molar-refractivity contribution is -0.198. The number of imidazole rings is 1. The maximum absolute atomic E-state index is 11.9. The number of ether oxygens (including phenoxy) is 1. The number of amides is 1. The summed E-state index contributed by atoms with van der Waals surface area (Å²) in [5.74, 6) is 0.568. The number of benzene rings is 2. The molecule has 1 aliphatic rings. The van der Waals surface area contributed by atoms with Crippen LogP contribution in [0.1, 0.15) is 36.2 Å². The number of nitrogens with zero attached hydrogens (tertiary/aromatic N) is 1. The Hall–Kier alpha value is -2.93. The number of carbonyl (C=O) groups excluding carboxylic acids is 1. The minimum absolute atomic E-state index is 0.316. The molecule has 2 N–H and O–H groups in total. The average molecular weight is 438 g/mol. The Kier molecular flexibility index (Phi) is 7.14. The highest BCUT2D eigenvalue weighted by atomic mass is 35.5. The number of nitrogens with one attached hydrogen (secondary N) is 2. The summed E-state index contributed by atoms with van der Waals surface area (Å²) in [7, 11) is 0. The standard InChI is InChI=1S/C24H24ClN3O3/c25-20-11-9-19(10-12-20)21-16-26-22(27-21)15-18-6-4-17(5-7-18)8-13-23(29)28-31-24-3-1-2-14-30-24/h4-13,16,24H,1-3,14-15H2,(H,26,27)(H,28,29)/b13-8+. The molecule has 1 saturated heterocycles. The van der Waals surface area contributed by atoms with Crippen LogP contribution >= 0.6 is 11.6 Å².